The van der Waals surface area contributed by atoms with E-state index in [2.05, 4.69) is 32.3 Å². The minimum atomic E-state index is 0.664. The van der Waals surface area contributed by atoms with Crippen LogP contribution in [0.2, 0.25) is 0 Å². The van der Waals surface area contributed by atoms with Gasteiger partial charge < -0.3 is 5.32 Å². The molecule has 0 spiro atoms. The maximum absolute atomic E-state index is 3.86. The summed E-state index contributed by atoms with van der Waals surface area (Å²) in [5.41, 5.74) is 0. The van der Waals surface area contributed by atoms with Crippen molar-refractivity contribution in [3.63, 3.8) is 0 Å². The van der Waals surface area contributed by atoms with E-state index >= 15 is 0 Å². The van der Waals surface area contributed by atoms with Gasteiger partial charge in [-0.1, -0.05) is 38.8 Å². The Bertz CT molecular complexity index is 150. The molecule has 0 atom stereocenters. The highest BCUT2D eigenvalue weighted by atomic mass is 32.2. The average molecular weight is 171 g/mol. The average Bonchev–Trinajstić information content (AvgIpc) is 1.82. The second kappa shape index (κ2) is 5.30. The molecule has 11 heavy (non-hydrogen) atoms. The van der Waals surface area contributed by atoms with Crippen molar-refractivity contribution in [2.24, 2.45) is 5.92 Å². The fourth-order valence-corrected chi connectivity index (χ4v) is 1.14. The third-order valence-electron chi connectivity index (χ3n) is 1.00. The largest absolute Gasteiger partial charge is 0.380 e. The van der Waals surface area contributed by atoms with Crippen LogP contribution in [0.4, 0.5) is 0 Å². The molecule has 0 aliphatic carbocycles. The third kappa shape index (κ3) is 7.53. The van der Waals surface area contributed by atoms with Gasteiger partial charge in [-0.2, -0.15) is 0 Å². The zero-order chi connectivity index (χ0) is 8.85. The van der Waals surface area contributed by atoms with Gasteiger partial charge in [0.1, 0.15) is 0 Å². The summed E-state index contributed by atoms with van der Waals surface area (Å²) in [7, 11) is 0. The van der Waals surface area contributed by atoms with Crippen LogP contribution in [0.1, 0.15) is 20.8 Å². The van der Waals surface area contributed by atoms with Gasteiger partial charge in [-0.3, -0.25) is 0 Å². The first-order valence-corrected chi connectivity index (χ1v) is 4.60. The zero-order valence-electron chi connectivity index (χ0n) is 7.61. The number of hydrogen-bond donors (Lipinski definition) is 1. The third-order valence-corrected chi connectivity index (χ3v) is 1.74. The Morgan fingerprint density at radius 1 is 1.45 bits per heavy atom. The molecule has 0 rings (SSSR count). The van der Waals surface area contributed by atoms with Gasteiger partial charge in [0.2, 0.25) is 0 Å². The van der Waals surface area contributed by atoms with Crippen LogP contribution in [0.3, 0.4) is 0 Å². The smallest absolute Gasteiger partial charge is 0.0653 e. The normalized spacial score (nSPS) is 9.82. The summed E-state index contributed by atoms with van der Waals surface area (Å²) in [6.07, 6.45) is 0. The molecule has 0 aromatic heterocycles. The highest BCUT2D eigenvalue weighted by Crippen LogP contribution is 2.18. The van der Waals surface area contributed by atoms with Gasteiger partial charge in [0.25, 0.3) is 0 Å². The number of hydrogen-bond acceptors (Lipinski definition) is 2. The van der Waals surface area contributed by atoms with Gasteiger partial charge in [0.05, 0.1) is 5.03 Å². The van der Waals surface area contributed by atoms with E-state index in [1.165, 1.54) is 0 Å². The Labute approximate surface area is 74.0 Å². The molecular formula is C9H17NS. The maximum atomic E-state index is 3.86. The molecule has 0 aliphatic rings. The molecule has 0 unspecified atom stereocenters. The molecule has 0 radical (unpaired) electrons. The lowest BCUT2D eigenvalue weighted by atomic mass is 10.2. The van der Waals surface area contributed by atoms with E-state index in [1.54, 1.807) is 11.8 Å². The Morgan fingerprint density at radius 2 is 2.00 bits per heavy atom. The van der Waals surface area contributed by atoms with Crippen molar-refractivity contribution in [3.05, 3.63) is 23.1 Å². The Morgan fingerprint density at radius 3 is 2.36 bits per heavy atom. The molecule has 0 aromatic rings. The van der Waals surface area contributed by atoms with Crippen LogP contribution in [0.15, 0.2) is 23.1 Å². The first kappa shape index (κ1) is 10.6. The van der Waals surface area contributed by atoms with E-state index in [0.29, 0.717) is 5.92 Å². The van der Waals surface area contributed by atoms with Gasteiger partial charge >= 0.3 is 0 Å². The summed E-state index contributed by atoms with van der Waals surface area (Å²) >= 11 is 1.60. The summed E-state index contributed by atoms with van der Waals surface area (Å²) in [5.74, 6) is 0.664. The second-order valence-electron chi connectivity index (χ2n) is 3.00. The maximum Gasteiger partial charge on any atom is 0.0653 e. The number of allylic oxidation sites excluding steroid dienone is 1. The van der Waals surface area contributed by atoms with Gasteiger partial charge in [-0.05, 0) is 17.7 Å². The molecule has 0 saturated heterocycles. The molecule has 0 bridgehead atoms. The molecule has 64 valence electrons. The predicted molar refractivity (Wildman–Crippen MR) is 54.4 cm³/mol. The standard InChI is InChI=1S/C9H17NS/c1-7(2)6-10-9(5)11-8(3)4/h7,10H,3,5-6H2,1-2,4H3. The highest BCUT2D eigenvalue weighted by molar-refractivity contribution is 8.06. The van der Waals surface area contributed by atoms with Crippen molar-refractivity contribution in [3.8, 4) is 0 Å². The van der Waals surface area contributed by atoms with Gasteiger partial charge in [-0.25, -0.2) is 0 Å². The number of thioether (sulfide) groups is 1. The van der Waals surface area contributed by atoms with E-state index < -0.39 is 0 Å². The summed E-state index contributed by atoms with van der Waals surface area (Å²) in [4.78, 5) is 1.08. The molecule has 1 nitrogen and oxygen atoms in total. The predicted octanol–water partition coefficient (Wildman–Crippen LogP) is 2.97. The Hall–Kier alpha value is -0.370. The summed E-state index contributed by atoms with van der Waals surface area (Å²) in [6.45, 7) is 15.0. The molecule has 0 heterocycles. The fourth-order valence-electron chi connectivity index (χ4n) is 0.564. The number of nitrogens with one attached hydrogen (secondary N) is 1. The van der Waals surface area contributed by atoms with Crippen molar-refractivity contribution < 1.29 is 0 Å². The van der Waals surface area contributed by atoms with Crippen molar-refractivity contribution in [1.82, 2.24) is 5.32 Å². The van der Waals surface area contributed by atoms with Crippen molar-refractivity contribution in [1.29, 1.82) is 0 Å². The summed E-state index contributed by atoms with van der Waals surface area (Å²) < 4.78 is 0. The highest BCUT2D eigenvalue weighted by Gasteiger charge is 1.96. The molecule has 0 aliphatic heterocycles. The molecule has 0 fully saturated rings. The quantitative estimate of drug-likeness (QED) is 0.682. The summed E-state index contributed by atoms with van der Waals surface area (Å²) in [5, 5.41) is 4.21. The SMILES string of the molecule is C=C(C)SC(=C)NCC(C)C. The van der Waals surface area contributed by atoms with E-state index in [-0.39, 0.29) is 0 Å². The topological polar surface area (TPSA) is 12.0 Å². The van der Waals surface area contributed by atoms with Crippen LogP contribution in [-0.2, 0) is 0 Å². The van der Waals surface area contributed by atoms with E-state index in [0.717, 1.165) is 16.5 Å². The van der Waals surface area contributed by atoms with Crippen molar-refractivity contribution in [2.75, 3.05) is 6.54 Å². The van der Waals surface area contributed by atoms with E-state index in [1.807, 2.05) is 6.92 Å². The monoisotopic (exact) mass is 171 g/mol. The lowest BCUT2D eigenvalue weighted by Crippen LogP contribution is -2.16. The molecule has 0 saturated carbocycles. The van der Waals surface area contributed by atoms with E-state index in [9.17, 15) is 0 Å². The van der Waals surface area contributed by atoms with Crippen LogP contribution in [0, 0.1) is 5.92 Å². The summed E-state index contributed by atoms with van der Waals surface area (Å²) in [6, 6.07) is 0. The first-order valence-electron chi connectivity index (χ1n) is 3.78. The first-order chi connectivity index (χ1) is 5.02. The van der Waals surface area contributed by atoms with Gasteiger partial charge in [0, 0.05) is 6.54 Å². The lowest BCUT2D eigenvalue weighted by molar-refractivity contribution is 0.608. The van der Waals surface area contributed by atoms with Gasteiger partial charge in [0.15, 0.2) is 0 Å². The van der Waals surface area contributed by atoms with Crippen LogP contribution in [0.5, 0.6) is 0 Å². The van der Waals surface area contributed by atoms with Crippen molar-refractivity contribution in [2.45, 2.75) is 20.8 Å². The second-order valence-corrected chi connectivity index (χ2v) is 4.40. The van der Waals surface area contributed by atoms with Crippen LogP contribution >= 0.6 is 11.8 Å². The molecular weight excluding hydrogens is 154 g/mol. The molecule has 1 N–H and O–H groups in total. The van der Waals surface area contributed by atoms with E-state index in [4.69, 9.17) is 0 Å². The molecule has 0 aromatic carbocycles. The van der Waals surface area contributed by atoms with Crippen LogP contribution in [0.25, 0.3) is 0 Å². The van der Waals surface area contributed by atoms with Crippen molar-refractivity contribution >= 4 is 11.8 Å². The Balaban J connectivity index is 3.46. The Kier molecular flexibility index (Phi) is 5.12. The minimum absolute atomic E-state index is 0.664. The lowest BCUT2D eigenvalue weighted by Gasteiger charge is -2.10. The minimum Gasteiger partial charge on any atom is -0.380 e. The van der Waals surface area contributed by atoms with Crippen LogP contribution < -0.4 is 5.32 Å². The van der Waals surface area contributed by atoms with Gasteiger partial charge in [-0.15, -0.1) is 0 Å². The fraction of sp³-hybridized carbons (Fsp3) is 0.556. The number of rotatable bonds is 5. The zero-order valence-corrected chi connectivity index (χ0v) is 8.42. The molecule has 0 amide bonds. The van der Waals surface area contributed by atoms with Crippen LogP contribution in [-0.4, -0.2) is 6.54 Å². The molecule has 2 heteroatoms.